The molecule has 77 heavy (non-hydrogen) atoms. The van der Waals surface area contributed by atoms with E-state index in [9.17, 15) is 0 Å². The van der Waals surface area contributed by atoms with Crippen LogP contribution in [0.2, 0.25) is 0 Å². The van der Waals surface area contributed by atoms with Crippen LogP contribution in [0.25, 0.3) is 0 Å². The van der Waals surface area contributed by atoms with Gasteiger partial charge in [-0.1, -0.05) is 85.5 Å². The van der Waals surface area contributed by atoms with E-state index in [1.54, 1.807) is 0 Å². The lowest BCUT2D eigenvalue weighted by atomic mass is 10.5. The van der Waals surface area contributed by atoms with Crippen molar-refractivity contribution in [2.75, 3.05) is 263 Å². The van der Waals surface area contributed by atoms with Crippen molar-refractivity contribution in [3.8, 4) is 0 Å². The van der Waals surface area contributed by atoms with Crippen LogP contribution in [-0.2, 0) is 0 Å². The maximum atomic E-state index is 6.98. The molecule has 0 aromatic carbocycles. The van der Waals surface area contributed by atoms with Crippen molar-refractivity contribution < 1.29 is 0 Å². The van der Waals surface area contributed by atoms with Gasteiger partial charge in [-0.15, -0.1) is 0 Å². The Morgan fingerprint density at radius 3 is 0.325 bits per heavy atom. The molecule has 0 aliphatic rings. The molecule has 0 saturated heterocycles. The van der Waals surface area contributed by atoms with Gasteiger partial charge >= 0.3 is 0 Å². The molecule has 0 aliphatic carbocycles. The second-order valence-electron chi connectivity index (χ2n) is 27.5. The van der Waals surface area contributed by atoms with E-state index in [4.69, 9.17) is 85.5 Å². The number of hydrogen-bond acceptors (Lipinski definition) is 0. The molecule has 0 bridgehead atoms. The summed E-state index contributed by atoms with van der Waals surface area (Å²) in [6.07, 6.45) is 63.5. The van der Waals surface area contributed by atoms with Gasteiger partial charge in [0.15, 0.2) is 0 Å². The third-order valence-electron chi connectivity index (χ3n) is 15.0. The zero-order chi connectivity index (χ0) is 60.0. The molecule has 490 valence electrons. The van der Waals surface area contributed by atoms with E-state index >= 15 is 0 Å². The third-order valence-corrected chi connectivity index (χ3v) is 48.7. The van der Waals surface area contributed by atoms with Crippen LogP contribution in [0.3, 0.4) is 0 Å². The quantitative estimate of drug-likeness (QED) is 0.0570. The summed E-state index contributed by atoms with van der Waals surface area (Å²) in [5, 5.41) is 0. The molecule has 0 heterocycles. The summed E-state index contributed by atoms with van der Waals surface area (Å²) in [4.78, 5) is 0. The summed E-state index contributed by atoms with van der Waals surface area (Å²) in [7, 11) is 43.4. The molecule has 0 aromatic rings. The second-order valence-corrected chi connectivity index (χ2v) is 94.1. The van der Waals surface area contributed by atoms with Crippen molar-refractivity contribution in [1.29, 1.82) is 0 Å². The molecule has 0 saturated carbocycles. The lowest BCUT2D eigenvalue weighted by Gasteiger charge is -2.47. The van der Waals surface area contributed by atoms with E-state index in [0.717, 1.165) is 0 Å². The Morgan fingerprint density at radius 1 is 0.143 bits per heavy atom. The van der Waals surface area contributed by atoms with Crippen LogP contribution in [0, 0.1) is 0 Å². The smallest absolute Gasteiger partial charge is 0.00984 e. The number of rotatable bonds is 48. The Labute approximate surface area is 542 Å². The van der Waals surface area contributed by atoms with Crippen molar-refractivity contribution in [3.05, 3.63) is 0 Å². The predicted octanol–water partition coefficient (Wildman–Crippen LogP) is 23.0. The van der Waals surface area contributed by atoms with Crippen LogP contribution >= 0.6 is 210 Å². The topological polar surface area (TPSA) is 0 Å². The molecular weight excluding hydrogens is 1370 g/mol. The molecule has 0 aliphatic heterocycles. The molecule has 0 radical (unpaired) electrons. The molecule has 21 heteroatoms. The molecule has 0 rings (SSSR count). The minimum atomic E-state index is -1.04. The van der Waals surface area contributed by atoms with Gasteiger partial charge in [-0.05, 0) is 340 Å². The summed E-state index contributed by atoms with van der Waals surface area (Å²) < 4.78 is 0. The molecule has 0 amide bonds. The highest BCUT2D eigenvalue weighted by Crippen LogP contribution is 2.61. The lowest BCUT2D eigenvalue weighted by Crippen LogP contribution is -2.25. The maximum Gasteiger partial charge on any atom is -0.00984 e. The zero-order valence-electron chi connectivity index (χ0n) is 53.8. The molecule has 0 N–H and O–H groups in total. The predicted molar refractivity (Wildman–Crippen MR) is 436 cm³/mol. The highest BCUT2D eigenvalue weighted by atomic mass is 35.7. The van der Waals surface area contributed by atoms with E-state index in [0.29, 0.717) is 0 Å². The first kappa shape index (κ1) is 83.9. The molecule has 0 unspecified atom stereocenters. The van der Waals surface area contributed by atoms with E-state index < -0.39 is 124 Å². The van der Waals surface area contributed by atoms with Gasteiger partial charge in [-0.2, -0.15) is 73.9 Å². The van der Waals surface area contributed by atoms with Gasteiger partial charge in [0, 0.05) is 0 Å². The van der Waals surface area contributed by atoms with Gasteiger partial charge < -0.3 is 0 Å². The van der Waals surface area contributed by atoms with Crippen molar-refractivity contribution in [1.82, 2.24) is 0 Å². The van der Waals surface area contributed by atoms with Gasteiger partial charge in [0.1, 0.15) is 0 Å². The van der Waals surface area contributed by atoms with Crippen LogP contribution in [0.1, 0.15) is 77.0 Å². The summed E-state index contributed by atoms with van der Waals surface area (Å²) in [6.45, 7) is 0. The first-order valence-electron chi connectivity index (χ1n) is 28.3. The lowest BCUT2D eigenvalue weighted by molar-refractivity contribution is 0.972. The minimum absolute atomic E-state index is 0.790. The Balaban J connectivity index is 7.67. The standard InChI is InChI=1S/C56H132Cl8S13/c1-65(2,57)33-21-41-73(17,42-22-34-66(3,4)58)49-29-53-77(54-30-50-74(18,43-23-35-67(5,6)59)44-24-36-68(7,8)60,55-31-51-75(19,45-25-37-69(9,10)61)46-26-38-70(11,12)62)56-32-52-76(20,47-27-39-71(13,14)63)48-28-40-72(15,16)64/h21-56H2,1-20H3. The molecule has 0 fully saturated rings. The first-order valence-corrected chi connectivity index (χ1v) is 68.4. The van der Waals surface area contributed by atoms with E-state index in [2.05, 4.69) is 125 Å². The molecule has 0 nitrogen and oxygen atoms in total. The fraction of sp³-hybridized carbons (Fsp3) is 1.00. The van der Waals surface area contributed by atoms with Gasteiger partial charge in [0.05, 0.1) is 0 Å². The molecular formula is C56H132Cl8S13. The summed E-state index contributed by atoms with van der Waals surface area (Å²) in [5.74, 6) is 31.9. The Bertz CT molecular complexity index is 1250. The van der Waals surface area contributed by atoms with Crippen LogP contribution < -0.4 is 0 Å². The average molecular weight is 1510 g/mol. The summed E-state index contributed by atoms with van der Waals surface area (Å²) in [5.41, 5.74) is 0. The number of hydrogen-bond donors (Lipinski definition) is 0. The van der Waals surface area contributed by atoms with Crippen molar-refractivity contribution in [3.63, 3.8) is 0 Å². The van der Waals surface area contributed by atoms with E-state index in [-0.39, 0.29) is 0 Å². The number of halogens is 8. The van der Waals surface area contributed by atoms with Crippen LogP contribution in [-0.4, -0.2) is 263 Å². The average Bonchev–Trinajstić information content (AvgIpc) is 3.17. The van der Waals surface area contributed by atoms with Gasteiger partial charge in [0.25, 0.3) is 0 Å². The van der Waals surface area contributed by atoms with Gasteiger partial charge in [0.2, 0.25) is 0 Å². The minimum Gasteiger partial charge on any atom is -0.244 e. The Kier molecular flexibility index (Phi) is 41.4. The van der Waals surface area contributed by atoms with Crippen molar-refractivity contribution in [2.24, 2.45) is 0 Å². The van der Waals surface area contributed by atoms with Crippen LogP contribution in [0.5, 0.6) is 0 Å². The highest BCUT2D eigenvalue weighted by Gasteiger charge is 2.31. The van der Waals surface area contributed by atoms with E-state index in [1.807, 2.05) is 0 Å². The Morgan fingerprint density at radius 2 is 0.234 bits per heavy atom. The first-order chi connectivity index (χ1) is 34.5. The largest absolute Gasteiger partial charge is 0.244 e. The molecule has 0 aromatic heterocycles. The SMILES string of the molecule is CS(C)(Cl)CCCS(C)(CCCS(C)(C)Cl)CCCS(CCCS(C)(CCCS(C)(C)Cl)CCCS(C)(C)Cl)(CCCS(C)(CCCS(C)(C)Cl)CCCS(C)(C)Cl)CCCS(C)(CCCS(C)(C)Cl)CCCS(C)(C)Cl. The maximum absolute atomic E-state index is 6.98. The third kappa shape index (κ3) is 51.2. The van der Waals surface area contributed by atoms with E-state index in [1.165, 1.54) is 215 Å². The monoisotopic (exact) mass is 1500 g/mol. The highest BCUT2D eigenvalue weighted by molar-refractivity contribution is 8.52. The van der Waals surface area contributed by atoms with Gasteiger partial charge in [-0.25, -0.2) is 50.1 Å². The van der Waals surface area contributed by atoms with Crippen LogP contribution in [0.15, 0.2) is 0 Å². The normalized spacial score (nSPS) is 17.5. The fourth-order valence-electron chi connectivity index (χ4n) is 10.7. The van der Waals surface area contributed by atoms with Gasteiger partial charge in [-0.3, -0.25) is 0 Å². The van der Waals surface area contributed by atoms with Crippen molar-refractivity contribution in [2.45, 2.75) is 77.0 Å². The summed E-state index contributed by atoms with van der Waals surface area (Å²) >= 11 is 0. The van der Waals surface area contributed by atoms with Crippen molar-refractivity contribution >= 4 is 210 Å². The summed E-state index contributed by atoms with van der Waals surface area (Å²) in [6, 6.07) is 0. The molecule has 0 spiro atoms. The fourth-order valence-corrected chi connectivity index (χ4v) is 39.0. The van der Waals surface area contributed by atoms with Crippen LogP contribution in [0.4, 0.5) is 0 Å². The zero-order valence-corrected chi connectivity index (χ0v) is 70.4. The second kappa shape index (κ2) is 38.0. The molecule has 0 atom stereocenters. The Hall–Kier alpha value is 6.87.